The van der Waals surface area contributed by atoms with E-state index < -0.39 is 0 Å². The molecule has 11 heavy (non-hydrogen) atoms. The molecular formula is C10H18O. The fourth-order valence-electron chi connectivity index (χ4n) is 2.38. The summed E-state index contributed by atoms with van der Waals surface area (Å²) in [5.74, 6) is 0.936. The van der Waals surface area contributed by atoms with Crippen molar-refractivity contribution in [1.29, 1.82) is 0 Å². The monoisotopic (exact) mass is 154 g/mol. The lowest BCUT2D eigenvalue weighted by atomic mass is 9.78. The minimum atomic E-state index is 0.0219. The van der Waals surface area contributed by atoms with Crippen LogP contribution in [0.25, 0.3) is 0 Å². The maximum Gasteiger partial charge on any atom is 0.0540 e. The number of hydrogen-bond donors (Lipinski definition) is 1. The summed E-state index contributed by atoms with van der Waals surface area (Å²) in [4.78, 5) is 0. The molecule has 2 saturated carbocycles. The Bertz CT molecular complexity index is 141. The van der Waals surface area contributed by atoms with Gasteiger partial charge in [-0.15, -0.1) is 0 Å². The summed E-state index contributed by atoms with van der Waals surface area (Å²) in [6, 6.07) is 0. The summed E-state index contributed by atoms with van der Waals surface area (Å²) < 4.78 is 0. The van der Waals surface area contributed by atoms with Crippen molar-refractivity contribution in [1.82, 2.24) is 0 Å². The van der Waals surface area contributed by atoms with Gasteiger partial charge in [-0.25, -0.2) is 0 Å². The van der Waals surface area contributed by atoms with Gasteiger partial charge in [0.05, 0.1) is 6.10 Å². The Balaban J connectivity index is 1.87. The van der Waals surface area contributed by atoms with E-state index in [1.54, 1.807) is 0 Å². The van der Waals surface area contributed by atoms with E-state index in [-0.39, 0.29) is 6.10 Å². The first-order chi connectivity index (χ1) is 5.21. The summed E-state index contributed by atoms with van der Waals surface area (Å²) >= 11 is 0. The van der Waals surface area contributed by atoms with Crippen LogP contribution in [-0.4, -0.2) is 11.2 Å². The maximum atomic E-state index is 9.31. The van der Waals surface area contributed by atoms with Gasteiger partial charge in [-0.2, -0.15) is 0 Å². The minimum Gasteiger partial charge on any atom is -0.393 e. The largest absolute Gasteiger partial charge is 0.393 e. The van der Waals surface area contributed by atoms with Crippen molar-refractivity contribution >= 4 is 0 Å². The van der Waals surface area contributed by atoms with Crippen molar-refractivity contribution in [2.24, 2.45) is 11.3 Å². The molecule has 1 heteroatoms. The van der Waals surface area contributed by atoms with Gasteiger partial charge in [0.2, 0.25) is 0 Å². The van der Waals surface area contributed by atoms with Gasteiger partial charge in [-0.1, -0.05) is 6.92 Å². The Labute approximate surface area is 68.8 Å². The topological polar surface area (TPSA) is 20.2 Å². The van der Waals surface area contributed by atoms with Crippen molar-refractivity contribution in [2.45, 2.75) is 51.6 Å². The number of hydrogen-bond acceptors (Lipinski definition) is 1. The molecule has 0 amide bonds. The second kappa shape index (κ2) is 2.48. The highest BCUT2D eigenvalue weighted by Gasteiger charge is 2.45. The average Bonchev–Trinajstić information content (AvgIpc) is 2.70. The number of aliphatic hydroxyl groups is 1. The third-order valence-electron chi connectivity index (χ3n) is 3.72. The van der Waals surface area contributed by atoms with Gasteiger partial charge in [-0.3, -0.25) is 0 Å². The molecule has 0 aliphatic heterocycles. The predicted octanol–water partition coefficient (Wildman–Crippen LogP) is 2.34. The lowest BCUT2D eigenvalue weighted by Crippen LogP contribution is -2.23. The Morgan fingerprint density at radius 3 is 2.09 bits per heavy atom. The number of rotatable bonds is 1. The Hall–Kier alpha value is -0.0400. The van der Waals surface area contributed by atoms with Gasteiger partial charge in [0.15, 0.2) is 0 Å². The van der Waals surface area contributed by atoms with Crippen LogP contribution in [0.15, 0.2) is 0 Å². The van der Waals surface area contributed by atoms with Crippen LogP contribution in [0.4, 0.5) is 0 Å². The van der Waals surface area contributed by atoms with E-state index in [1.165, 1.54) is 25.7 Å². The maximum absolute atomic E-state index is 9.31. The fourth-order valence-corrected chi connectivity index (χ4v) is 2.38. The van der Waals surface area contributed by atoms with Crippen molar-refractivity contribution < 1.29 is 5.11 Å². The second-order valence-electron chi connectivity index (χ2n) is 4.66. The van der Waals surface area contributed by atoms with Crippen LogP contribution in [0.1, 0.15) is 45.4 Å². The van der Waals surface area contributed by atoms with Crippen molar-refractivity contribution in [3.05, 3.63) is 0 Å². The average molecular weight is 154 g/mol. The highest BCUT2D eigenvalue weighted by Crippen LogP contribution is 2.55. The molecule has 1 N–H and O–H groups in total. The van der Waals surface area contributed by atoms with Crippen LogP contribution in [0.3, 0.4) is 0 Å². The normalized spacial score (nSPS) is 42.0. The van der Waals surface area contributed by atoms with Crippen LogP contribution in [0.5, 0.6) is 0 Å². The molecule has 0 saturated heterocycles. The molecule has 0 radical (unpaired) electrons. The van der Waals surface area contributed by atoms with Crippen LogP contribution >= 0.6 is 0 Å². The second-order valence-corrected chi connectivity index (χ2v) is 4.66. The first-order valence-corrected chi connectivity index (χ1v) is 4.89. The van der Waals surface area contributed by atoms with E-state index >= 15 is 0 Å². The van der Waals surface area contributed by atoms with Crippen molar-refractivity contribution in [3.63, 3.8) is 0 Å². The Morgan fingerprint density at radius 1 is 1.09 bits per heavy atom. The predicted molar refractivity (Wildman–Crippen MR) is 45.3 cm³/mol. The van der Waals surface area contributed by atoms with Gasteiger partial charge in [0.1, 0.15) is 0 Å². The zero-order chi connectivity index (χ0) is 7.90. The van der Waals surface area contributed by atoms with E-state index in [9.17, 15) is 5.11 Å². The van der Waals surface area contributed by atoms with Gasteiger partial charge >= 0.3 is 0 Å². The van der Waals surface area contributed by atoms with Gasteiger partial charge in [-0.05, 0) is 49.9 Å². The molecule has 0 atom stereocenters. The Kier molecular flexibility index (Phi) is 1.71. The van der Waals surface area contributed by atoms with Gasteiger partial charge < -0.3 is 5.11 Å². The molecule has 0 aromatic rings. The zero-order valence-corrected chi connectivity index (χ0v) is 7.34. The summed E-state index contributed by atoms with van der Waals surface area (Å²) in [5.41, 5.74) is 0.695. The molecule has 0 aromatic heterocycles. The molecule has 2 fully saturated rings. The van der Waals surface area contributed by atoms with Crippen LogP contribution in [0.2, 0.25) is 0 Å². The first-order valence-electron chi connectivity index (χ1n) is 4.89. The van der Waals surface area contributed by atoms with E-state index in [4.69, 9.17) is 0 Å². The SMILES string of the molecule is CC1([C@H]2CC[C@@H](O)CC2)CC1. The molecule has 64 valence electrons. The van der Waals surface area contributed by atoms with E-state index in [0.29, 0.717) is 5.41 Å². The fraction of sp³-hybridized carbons (Fsp3) is 1.00. The van der Waals surface area contributed by atoms with E-state index in [0.717, 1.165) is 18.8 Å². The minimum absolute atomic E-state index is 0.0219. The summed E-state index contributed by atoms with van der Waals surface area (Å²) in [7, 11) is 0. The Morgan fingerprint density at radius 2 is 1.64 bits per heavy atom. The molecule has 2 aliphatic rings. The summed E-state index contributed by atoms with van der Waals surface area (Å²) in [6.07, 6.45) is 7.56. The molecule has 0 aromatic carbocycles. The van der Waals surface area contributed by atoms with Crippen LogP contribution in [-0.2, 0) is 0 Å². The van der Waals surface area contributed by atoms with E-state index in [1.807, 2.05) is 0 Å². The highest BCUT2D eigenvalue weighted by atomic mass is 16.3. The molecule has 1 nitrogen and oxygen atoms in total. The van der Waals surface area contributed by atoms with Crippen LogP contribution in [0, 0.1) is 11.3 Å². The molecule has 0 unspecified atom stereocenters. The zero-order valence-electron chi connectivity index (χ0n) is 7.34. The lowest BCUT2D eigenvalue weighted by Gasteiger charge is -2.30. The molecule has 0 bridgehead atoms. The first kappa shape index (κ1) is 7.60. The summed E-state index contributed by atoms with van der Waals surface area (Å²) in [6.45, 7) is 2.41. The van der Waals surface area contributed by atoms with E-state index in [2.05, 4.69) is 6.92 Å². The van der Waals surface area contributed by atoms with Crippen molar-refractivity contribution in [3.8, 4) is 0 Å². The molecule has 0 heterocycles. The molecule has 2 rings (SSSR count). The molecule has 0 spiro atoms. The van der Waals surface area contributed by atoms with Gasteiger partial charge in [0, 0.05) is 0 Å². The molecular weight excluding hydrogens is 136 g/mol. The third-order valence-corrected chi connectivity index (χ3v) is 3.72. The molecule has 2 aliphatic carbocycles. The highest BCUT2D eigenvalue weighted by molar-refractivity contribution is 4.96. The quantitative estimate of drug-likeness (QED) is 0.614. The smallest absolute Gasteiger partial charge is 0.0540 e. The lowest BCUT2D eigenvalue weighted by molar-refractivity contribution is 0.0891. The summed E-state index contributed by atoms with van der Waals surface area (Å²) in [5, 5.41) is 9.31. The van der Waals surface area contributed by atoms with Gasteiger partial charge in [0.25, 0.3) is 0 Å². The third kappa shape index (κ3) is 1.44. The standard InChI is InChI=1S/C10H18O/c1-10(6-7-10)8-2-4-9(11)5-3-8/h8-9,11H,2-7H2,1H3/t8-,9+. The van der Waals surface area contributed by atoms with Crippen LogP contribution < -0.4 is 0 Å². The number of aliphatic hydroxyl groups excluding tert-OH is 1. The van der Waals surface area contributed by atoms with Crippen molar-refractivity contribution in [2.75, 3.05) is 0 Å².